The summed E-state index contributed by atoms with van der Waals surface area (Å²) in [5.41, 5.74) is 3.67. The number of carbonyl (C=O) groups excluding carboxylic acids is 1. The smallest absolute Gasteiger partial charge is 0.160 e. The number of imidazole rings is 1. The lowest BCUT2D eigenvalue weighted by atomic mass is 9.97. The van der Waals surface area contributed by atoms with Crippen molar-refractivity contribution in [1.82, 2.24) is 9.38 Å². The number of fused-ring (bicyclic) bond motifs is 1. The summed E-state index contributed by atoms with van der Waals surface area (Å²) in [6.45, 7) is 7.75. The average Bonchev–Trinajstić information content (AvgIpc) is 2.54. The predicted octanol–water partition coefficient (Wildman–Crippen LogP) is 2.97. The van der Waals surface area contributed by atoms with Gasteiger partial charge in [0.2, 0.25) is 0 Å². The van der Waals surface area contributed by atoms with Crippen molar-refractivity contribution in [3.63, 3.8) is 0 Å². The number of Topliss-reactive ketones (excluding diaryl/α,β-unsaturated/α-hetero) is 1. The maximum Gasteiger partial charge on any atom is 0.160 e. The number of aryl methyl sites for hydroxylation is 1. The Balaban J connectivity index is 2.75. The molecule has 0 aliphatic rings. The molecule has 0 fully saturated rings. The molecule has 2 rings (SSSR count). The lowest BCUT2D eigenvalue weighted by Gasteiger charge is -2.11. The van der Waals surface area contributed by atoms with Gasteiger partial charge in [-0.1, -0.05) is 13.8 Å². The van der Waals surface area contributed by atoms with Crippen LogP contribution in [-0.2, 0) is 0 Å². The molecule has 0 unspecified atom stereocenters. The molecule has 2 aromatic rings. The van der Waals surface area contributed by atoms with Gasteiger partial charge in [-0.05, 0) is 31.4 Å². The first-order valence-corrected chi connectivity index (χ1v) is 5.49. The van der Waals surface area contributed by atoms with Crippen LogP contribution in [0.4, 0.5) is 0 Å². The normalized spacial score (nSPS) is 11.3. The lowest BCUT2D eigenvalue weighted by molar-refractivity contribution is 0.101. The molecule has 0 atom stereocenters. The largest absolute Gasteiger partial charge is 0.307 e. The number of carbonyl (C=O) groups is 1. The molecular weight excluding hydrogens is 200 g/mol. The zero-order chi connectivity index (χ0) is 11.9. The molecule has 0 aromatic carbocycles. The molecule has 2 heterocycles. The van der Waals surface area contributed by atoms with Crippen LogP contribution < -0.4 is 0 Å². The van der Waals surface area contributed by atoms with Gasteiger partial charge in [0.05, 0.1) is 5.69 Å². The van der Waals surface area contributed by atoms with E-state index in [1.165, 1.54) is 0 Å². The number of ketones is 1. The summed E-state index contributed by atoms with van der Waals surface area (Å²) >= 11 is 0. The first kappa shape index (κ1) is 10.9. The summed E-state index contributed by atoms with van der Waals surface area (Å²) < 4.78 is 1.98. The second kappa shape index (κ2) is 3.74. The zero-order valence-electron chi connectivity index (χ0n) is 10.1. The fourth-order valence-corrected chi connectivity index (χ4v) is 1.94. The van der Waals surface area contributed by atoms with Crippen molar-refractivity contribution in [2.45, 2.75) is 33.6 Å². The Morgan fingerprint density at radius 3 is 2.62 bits per heavy atom. The molecule has 0 aliphatic heterocycles. The zero-order valence-corrected chi connectivity index (χ0v) is 10.1. The third-order valence-corrected chi connectivity index (χ3v) is 2.75. The number of hydrogen-bond acceptors (Lipinski definition) is 2. The minimum atomic E-state index is 0.104. The van der Waals surface area contributed by atoms with Gasteiger partial charge in [-0.3, -0.25) is 4.79 Å². The van der Waals surface area contributed by atoms with Gasteiger partial charge in [0.25, 0.3) is 0 Å². The van der Waals surface area contributed by atoms with E-state index in [0.717, 1.165) is 22.5 Å². The van der Waals surface area contributed by atoms with Gasteiger partial charge in [0, 0.05) is 18.0 Å². The third-order valence-electron chi connectivity index (χ3n) is 2.75. The number of nitrogens with zero attached hydrogens (tertiary/aromatic N) is 2. The standard InChI is InChI=1S/C13H16N2O/c1-8(2)12-7-15-6-9(3)14-13(15)5-11(12)10(4)16/h5-8H,1-4H3. The highest BCUT2D eigenvalue weighted by molar-refractivity contribution is 5.96. The Bertz CT molecular complexity index is 552. The number of pyridine rings is 1. The molecule has 0 bridgehead atoms. The van der Waals surface area contributed by atoms with E-state index in [0.29, 0.717) is 5.92 Å². The Kier molecular flexibility index (Phi) is 2.54. The van der Waals surface area contributed by atoms with E-state index >= 15 is 0 Å². The summed E-state index contributed by atoms with van der Waals surface area (Å²) in [7, 11) is 0. The third kappa shape index (κ3) is 1.73. The summed E-state index contributed by atoms with van der Waals surface area (Å²) in [6, 6.07) is 1.88. The molecule has 3 nitrogen and oxygen atoms in total. The topological polar surface area (TPSA) is 34.4 Å². The summed E-state index contributed by atoms with van der Waals surface area (Å²) in [5.74, 6) is 0.442. The van der Waals surface area contributed by atoms with Crippen molar-refractivity contribution in [3.05, 3.63) is 35.3 Å². The highest BCUT2D eigenvalue weighted by Gasteiger charge is 2.13. The minimum Gasteiger partial charge on any atom is -0.307 e. The van der Waals surface area contributed by atoms with Crippen LogP contribution in [-0.4, -0.2) is 15.2 Å². The molecule has 0 amide bonds. The molecule has 2 aromatic heterocycles. The van der Waals surface area contributed by atoms with Gasteiger partial charge in [-0.2, -0.15) is 0 Å². The van der Waals surface area contributed by atoms with E-state index in [2.05, 4.69) is 18.8 Å². The summed E-state index contributed by atoms with van der Waals surface area (Å²) in [6.07, 6.45) is 3.99. The fourth-order valence-electron chi connectivity index (χ4n) is 1.94. The molecule has 3 heteroatoms. The van der Waals surface area contributed by atoms with Crippen molar-refractivity contribution in [2.24, 2.45) is 0 Å². The van der Waals surface area contributed by atoms with Crippen molar-refractivity contribution in [2.75, 3.05) is 0 Å². The molecule has 0 radical (unpaired) electrons. The Hall–Kier alpha value is -1.64. The second-order valence-electron chi connectivity index (χ2n) is 4.50. The van der Waals surface area contributed by atoms with Gasteiger partial charge in [0.1, 0.15) is 5.65 Å². The molecule has 84 valence electrons. The van der Waals surface area contributed by atoms with E-state index in [4.69, 9.17) is 0 Å². The van der Waals surface area contributed by atoms with Crippen molar-refractivity contribution in [3.8, 4) is 0 Å². The quantitative estimate of drug-likeness (QED) is 0.723. The number of hydrogen-bond donors (Lipinski definition) is 0. The highest BCUT2D eigenvalue weighted by Crippen LogP contribution is 2.21. The first-order valence-electron chi connectivity index (χ1n) is 5.49. The Labute approximate surface area is 95.1 Å². The molecule has 16 heavy (non-hydrogen) atoms. The van der Waals surface area contributed by atoms with Crippen LogP contribution in [0.2, 0.25) is 0 Å². The van der Waals surface area contributed by atoms with E-state index < -0.39 is 0 Å². The van der Waals surface area contributed by atoms with Gasteiger partial charge in [-0.15, -0.1) is 0 Å². The molecule has 0 N–H and O–H groups in total. The maximum absolute atomic E-state index is 11.6. The number of aromatic nitrogens is 2. The highest BCUT2D eigenvalue weighted by atomic mass is 16.1. The van der Waals surface area contributed by atoms with Crippen LogP contribution in [0.5, 0.6) is 0 Å². The molecule has 0 spiro atoms. The molecule has 0 saturated carbocycles. The molecule has 0 saturated heterocycles. The minimum absolute atomic E-state index is 0.104. The first-order chi connectivity index (χ1) is 7.49. The average molecular weight is 216 g/mol. The van der Waals surface area contributed by atoms with E-state index in [9.17, 15) is 4.79 Å². The van der Waals surface area contributed by atoms with E-state index in [1.807, 2.05) is 29.8 Å². The second-order valence-corrected chi connectivity index (χ2v) is 4.50. The van der Waals surface area contributed by atoms with Crippen LogP contribution >= 0.6 is 0 Å². The van der Waals surface area contributed by atoms with Crippen molar-refractivity contribution in [1.29, 1.82) is 0 Å². The van der Waals surface area contributed by atoms with Crippen molar-refractivity contribution < 1.29 is 4.79 Å². The molecule has 0 aliphatic carbocycles. The summed E-state index contributed by atoms with van der Waals surface area (Å²) in [4.78, 5) is 16.0. The maximum atomic E-state index is 11.6. The van der Waals surface area contributed by atoms with Gasteiger partial charge in [-0.25, -0.2) is 4.98 Å². The SMILES string of the molecule is CC(=O)c1cc2nc(C)cn2cc1C(C)C. The van der Waals surface area contributed by atoms with Gasteiger partial charge in [0.15, 0.2) is 5.78 Å². The van der Waals surface area contributed by atoms with Gasteiger partial charge >= 0.3 is 0 Å². The van der Waals surface area contributed by atoms with E-state index in [1.54, 1.807) is 6.92 Å². The van der Waals surface area contributed by atoms with Crippen LogP contribution in [0, 0.1) is 6.92 Å². The van der Waals surface area contributed by atoms with Crippen LogP contribution in [0.1, 0.15) is 48.3 Å². The van der Waals surface area contributed by atoms with Crippen molar-refractivity contribution >= 4 is 11.4 Å². The molecular formula is C13H16N2O. The van der Waals surface area contributed by atoms with Crippen LogP contribution in [0.15, 0.2) is 18.5 Å². The van der Waals surface area contributed by atoms with Crippen LogP contribution in [0.3, 0.4) is 0 Å². The Morgan fingerprint density at radius 2 is 2.06 bits per heavy atom. The van der Waals surface area contributed by atoms with E-state index in [-0.39, 0.29) is 5.78 Å². The Morgan fingerprint density at radius 1 is 1.38 bits per heavy atom. The number of rotatable bonds is 2. The predicted molar refractivity (Wildman–Crippen MR) is 64.0 cm³/mol. The summed E-state index contributed by atoms with van der Waals surface area (Å²) in [5, 5.41) is 0. The van der Waals surface area contributed by atoms with Crippen LogP contribution in [0.25, 0.3) is 5.65 Å². The lowest BCUT2D eigenvalue weighted by Crippen LogP contribution is -2.03. The fraction of sp³-hybridized carbons (Fsp3) is 0.385. The monoisotopic (exact) mass is 216 g/mol. The van der Waals surface area contributed by atoms with Gasteiger partial charge < -0.3 is 4.40 Å².